The molecule has 2 fully saturated rings. The van der Waals surface area contributed by atoms with Crippen molar-refractivity contribution in [3.05, 3.63) is 34.9 Å². The molecule has 0 saturated carbocycles. The van der Waals surface area contributed by atoms with Gasteiger partial charge in [-0.2, -0.15) is 0 Å². The Morgan fingerprint density at radius 2 is 2.11 bits per heavy atom. The van der Waals surface area contributed by atoms with E-state index in [0.717, 1.165) is 17.5 Å². The van der Waals surface area contributed by atoms with Crippen molar-refractivity contribution in [2.24, 2.45) is 5.73 Å². The number of piperidine rings is 1. The van der Waals surface area contributed by atoms with Gasteiger partial charge in [-0.15, -0.1) is 0 Å². The zero-order valence-corrected chi connectivity index (χ0v) is 15.1. The van der Waals surface area contributed by atoms with Gasteiger partial charge in [-0.25, -0.2) is 0 Å². The number of amides is 3. The normalized spacial score (nSPS) is 28.3. The Hall–Kier alpha value is -2.29. The molecular formula is C19H24N4O4. The summed E-state index contributed by atoms with van der Waals surface area (Å²) in [5, 5.41) is 5.73. The van der Waals surface area contributed by atoms with Crippen molar-refractivity contribution < 1.29 is 19.1 Å². The van der Waals surface area contributed by atoms with Crippen molar-refractivity contribution in [1.82, 2.24) is 15.5 Å². The summed E-state index contributed by atoms with van der Waals surface area (Å²) in [6.07, 6.45) is 1.43. The molecule has 3 aliphatic rings. The second-order valence-corrected chi connectivity index (χ2v) is 7.37. The fourth-order valence-electron chi connectivity index (χ4n) is 4.04. The maximum Gasteiger partial charge on any atom is 0.255 e. The lowest BCUT2D eigenvalue weighted by molar-refractivity contribution is -0.136. The molecule has 0 radical (unpaired) electrons. The molecule has 3 heterocycles. The van der Waals surface area contributed by atoms with Gasteiger partial charge in [-0.05, 0) is 24.0 Å². The lowest BCUT2D eigenvalue weighted by Gasteiger charge is -2.30. The number of carbonyl (C=O) groups excluding carboxylic acids is 3. The molecule has 0 aliphatic carbocycles. The number of rotatable bonds is 4. The van der Waals surface area contributed by atoms with Crippen molar-refractivity contribution in [2.45, 2.75) is 50.5 Å². The molecule has 0 aromatic heterocycles. The molecule has 144 valence electrons. The quantitative estimate of drug-likeness (QED) is 0.623. The number of ether oxygens (including phenoxy) is 1. The van der Waals surface area contributed by atoms with E-state index in [2.05, 4.69) is 10.6 Å². The number of hydrogen-bond donors (Lipinski definition) is 3. The Morgan fingerprint density at radius 3 is 2.89 bits per heavy atom. The van der Waals surface area contributed by atoms with E-state index >= 15 is 0 Å². The molecule has 4 rings (SSSR count). The molecule has 2 saturated heterocycles. The maximum absolute atomic E-state index is 13.0. The van der Waals surface area contributed by atoms with Gasteiger partial charge in [0.25, 0.3) is 5.91 Å². The lowest BCUT2D eigenvalue weighted by Crippen LogP contribution is -2.52. The highest BCUT2D eigenvalue weighted by Gasteiger charge is 2.40. The highest BCUT2D eigenvalue weighted by atomic mass is 16.5. The lowest BCUT2D eigenvalue weighted by atomic mass is 10.0. The van der Waals surface area contributed by atoms with Gasteiger partial charge in [0.05, 0.1) is 6.61 Å². The first-order valence-corrected chi connectivity index (χ1v) is 9.36. The van der Waals surface area contributed by atoms with Crippen molar-refractivity contribution in [1.29, 1.82) is 0 Å². The number of nitrogens with zero attached hydrogens (tertiary/aromatic N) is 1. The average molecular weight is 372 g/mol. The van der Waals surface area contributed by atoms with E-state index in [1.54, 1.807) is 4.90 Å². The first kappa shape index (κ1) is 18.1. The number of carbonyl (C=O) groups is 3. The molecule has 3 atom stereocenters. The van der Waals surface area contributed by atoms with Crippen LogP contribution in [0.3, 0.4) is 0 Å². The topological polar surface area (TPSA) is 114 Å². The monoisotopic (exact) mass is 372 g/mol. The summed E-state index contributed by atoms with van der Waals surface area (Å²) in [4.78, 5) is 38.2. The molecule has 1 aromatic rings. The van der Waals surface area contributed by atoms with Crippen LogP contribution < -0.4 is 16.4 Å². The molecule has 3 amide bonds. The van der Waals surface area contributed by atoms with E-state index in [9.17, 15) is 14.4 Å². The molecule has 8 heteroatoms. The van der Waals surface area contributed by atoms with Gasteiger partial charge in [0.1, 0.15) is 6.04 Å². The molecule has 0 spiro atoms. The second kappa shape index (κ2) is 7.38. The Morgan fingerprint density at radius 1 is 1.26 bits per heavy atom. The van der Waals surface area contributed by atoms with Gasteiger partial charge in [-0.1, -0.05) is 18.2 Å². The number of nitrogens with two attached hydrogens (primary N) is 1. The van der Waals surface area contributed by atoms with Crippen LogP contribution in [0.5, 0.6) is 0 Å². The third-order valence-electron chi connectivity index (χ3n) is 5.60. The van der Waals surface area contributed by atoms with Gasteiger partial charge >= 0.3 is 0 Å². The van der Waals surface area contributed by atoms with Crippen LogP contribution in [0.4, 0.5) is 0 Å². The third kappa shape index (κ3) is 3.47. The van der Waals surface area contributed by atoms with Crippen LogP contribution in [0, 0.1) is 0 Å². The van der Waals surface area contributed by atoms with Crippen molar-refractivity contribution in [3.63, 3.8) is 0 Å². The summed E-state index contributed by atoms with van der Waals surface area (Å²) in [6.45, 7) is 2.15. The highest BCUT2D eigenvalue weighted by Crippen LogP contribution is 2.29. The molecule has 0 bridgehead atoms. The molecule has 1 aromatic carbocycles. The number of imide groups is 1. The second-order valence-electron chi connectivity index (χ2n) is 7.37. The van der Waals surface area contributed by atoms with Crippen LogP contribution >= 0.6 is 0 Å². The number of nitrogens with one attached hydrogen (secondary N) is 2. The van der Waals surface area contributed by atoms with Crippen molar-refractivity contribution >= 4 is 17.7 Å². The first-order valence-electron chi connectivity index (χ1n) is 9.36. The molecule has 27 heavy (non-hydrogen) atoms. The van der Waals surface area contributed by atoms with Crippen LogP contribution in [0.15, 0.2) is 18.2 Å². The third-order valence-corrected chi connectivity index (χ3v) is 5.60. The highest BCUT2D eigenvalue weighted by molar-refractivity contribution is 6.05. The SMILES string of the molecule is N[C@@H]1CCOC[C@@H]1NCc1cccc2c1C(=O)N(C1CCC(=O)NC1=O)C2. The predicted molar refractivity (Wildman–Crippen MR) is 96.5 cm³/mol. The Balaban J connectivity index is 1.49. The van der Waals surface area contributed by atoms with Gasteiger partial charge in [0, 0.05) is 43.8 Å². The summed E-state index contributed by atoms with van der Waals surface area (Å²) in [5.41, 5.74) is 8.60. The van der Waals surface area contributed by atoms with Gasteiger partial charge < -0.3 is 20.7 Å². The fourth-order valence-corrected chi connectivity index (χ4v) is 4.04. The summed E-state index contributed by atoms with van der Waals surface area (Å²) in [7, 11) is 0. The number of hydrogen-bond acceptors (Lipinski definition) is 6. The first-order chi connectivity index (χ1) is 13.0. The summed E-state index contributed by atoms with van der Waals surface area (Å²) in [6, 6.07) is 5.26. The van der Waals surface area contributed by atoms with Crippen LogP contribution in [-0.4, -0.2) is 54.0 Å². The minimum absolute atomic E-state index is 0.0335. The van der Waals surface area contributed by atoms with Crippen molar-refractivity contribution in [3.8, 4) is 0 Å². The van der Waals surface area contributed by atoms with E-state index in [4.69, 9.17) is 10.5 Å². The Bertz CT molecular complexity index is 781. The Kier molecular flexibility index (Phi) is 4.94. The number of benzene rings is 1. The van der Waals surface area contributed by atoms with Crippen LogP contribution in [-0.2, 0) is 27.4 Å². The molecule has 1 unspecified atom stereocenters. The van der Waals surface area contributed by atoms with Crippen LogP contribution in [0.25, 0.3) is 0 Å². The smallest absolute Gasteiger partial charge is 0.255 e. The molecule has 8 nitrogen and oxygen atoms in total. The standard InChI is InChI=1S/C19H24N4O4/c20-13-6-7-27-10-14(13)21-8-11-2-1-3-12-9-23(19(26)17(11)12)15-4-5-16(24)22-18(15)25/h1-3,13-15,21H,4-10,20H2,(H,22,24,25)/t13-,14+,15?/m1/s1. The minimum Gasteiger partial charge on any atom is -0.380 e. The van der Waals surface area contributed by atoms with Gasteiger partial charge in [-0.3, -0.25) is 19.7 Å². The maximum atomic E-state index is 13.0. The molecule has 3 aliphatic heterocycles. The zero-order valence-electron chi connectivity index (χ0n) is 15.1. The van der Waals surface area contributed by atoms with Gasteiger partial charge in [0.2, 0.25) is 11.8 Å². The van der Waals surface area contributed by atoms with E-state index in [1.165, 1.54) is 0 Å². The molecular weight excluding hydrogens is 348 g/mol. The minimum atomic E-state index is -0.594. The largest absolute Gasteiger partial charge is 0.380 e. The van der Waals surface area contributed by atoms with E-state index in [-0.39, 0.29) is 30.3 Å². The fraction of sp³-hybridized carbons (Fsp3) is 0.526. The Labute approximate surface area is 157 Å². The van der Waals surface area contributed by atoms with Crippen LogP contribution in [0.2, 0.25) is 0 Å². The summed E-state index contributed by atoms with van der Waals surface area (Å²) in [5.74, 6) is -0.824. The van der Waals surface area contributed by atoms with Crippen molar-refractivity contribution in [2.75, 3.05) is 13.2 Å². The summed E-state index contributed by atoms with van der Waals surface area (Å²) >= 11 is 0. The summed E-state index contributed by atoms with van der Waals surface area (Å²) < 4.78 is 5.48. The number of fused-ring (bicyclic) bond motifs is 1. The molecule has 4 N–H and O–H groups in total. The van der Waals surface area contributed by atoms with Gasteiger partial charge in [0.15, 0.2) is 0 Å². The van der Waals surface area contributed by atoms with E-state index < -0.39 is 11.9 Å². The van der Waals surface area contributed by atoms with E-state index in [1.807, 2.05) is 18.2 Å². The zero-order chi connectivity index (χ0) is 19.0. The average Bonchev–Trinajstić information content (AvgIpc) is 2.98. The van der Waals surface area contributed by atoms with E-state index in [0.29, 0.717) is 38.3 Å². The predicted octanol–water partition coefficient (Wildman–Crippen LogP) is -0.347. The van der Waals surface area contributed by atoms with Crippen LogP contribution in [0.1, 0.15) is 40.7 Å².